The second-order valence-electron chi connectivity index (χ2n) is 6.58. The van der Waals surface area contributed by atoms with Crippen LogP contribution in [0.4, 0.5) is 0 Å². The van der Waals surface area contributed by atoms with E-state index < -0.39 is 0 Å². The molecule has 0 aromatic carbocycles. The minimum absolute atomic E-state index is 0.398. The van der Waals surface area contributed by atoms with Gasteiger partial charge in [0.2, 0.25) is 0 Å². The van der Waals surface area contributed by atoms with Gasteiger partial charge in [0.25, 0.3) is 0 Å². The van der Waals surface area contributed by atoms with Gasteiger partial charge in [0, 0.05) is 13.2 Å². The molecule has 2 aliphatic heterocycles. The SMILES string of the molecule is C1CCC(COCC2CO2)CCC(COCC2CO2)C1. The van der Waals surface area contributed by atoms with Gasteiger partial charge in [-0.25, -0.2) is 0 Å². The molecule has 0 N–H and O–H groups in total. The predicted molar refractivity (Wildman–Crippen MR) is 75.8 cm³/mol. The average Bonchev–Trinajstić information content (AvgIpc) is 3.29. The van der Waals surface area contributed by atoms with Crippen LogP contribution >= 0.6 is 0 Å². The van der Waals surface area contributed by atoms with Gasteiger partial charge in [-0.3, -0.25) is 0 Å². The van der Waals surface area contributed by atoms with Gasteiger partial charge in [0.15, 0.2) is 0 Å². The Morgan fingerprint density at radius 1 is 0.650 bits per heavy atom. The van der Waals surface area contributed by atoms with Gasteiger partial charge >= 0.3 is 0 Å². The topological polar surface area (TPSA) is 43.5 Å². The van der Waals surface area contributed by atoms with Crippen LogP contribution in [0, 0.1) is 11.8 Å². The lowest BCUT2D eigenvalue weighted by Gasteiger charge is -2.24. The van der Waals surface area contributed by atoms with E-state index in [0.29, 0.717) is 12.2 Å². The molecule has 0 amide bonds. The third-order valence-electron chi connectivity index (χ3n) is 4.58. The van der Waals surface area contributed by atoms with Crippen molar-refractivity contribution >= 4 is 0 Å². The molecular formula is C16H28O4. The fourth-order valence-electron chi connectivity index (χ4n) is 3.02. The highest BCUT2D eigenvalue weighted by atomic mass is 16.6. The fraction of sp³-hybridized carbons (Fsp3) is 1.00. The minimum Gasteiger partial charge on any atom is -0.378 e. The largest absolute Gasteiger partial charge is 0.378 e. The van der Waals surface area contributed by atoms with Gasteiger partial charge in [0.1, 0.15) is 12.2 Å². The van der Waals surface area contributed by atoms with Gasteiger partial charge in [0.05, 0.1) is 26.4 Å². The van der Waals surface area contributed by atoms with Crippen molar-refractivity contribution in [1.82, 2.24) is 0 Å². The van der Waals surface area contributed by atoms with Crippen molar-refractivity contribution in [3.05, 3.63) is 0 Å². The Morgan fingerprint density at radius 2 is 1.10 bits per heavy atom. The van der Waals surface area contributed by atoms with E-state index in [1.807, 2.05) is 0 Å². The highest BCUT2D eigenvalue weighted by Gasteiger charge is 2.25. The van der Waals surface area contributed by atoms with E-state index in [1.54, 1.807) is 0 Å². The Labute approximate surface area is 122 Å². The van der Waals surface area contributed by atoms with E-state index in [2.05, 4.69) is 0 Å². The summed E-state index contributed by atoms with van der Waals surface area (Å²) in [5, 5.41) is 0. The maximum atomic E-state index is 5.78. The first-order valence-electron chi connectivity index (χ1n) is 8.29. The molecule has 3 aliphatic rings. The van der Waals surface area contributed by atoms with Crippen molar-refractivity contribution < 1.29 is 18.9 Å². The number of rotatable bonds is 8. The van der Waals surface area contributed by atoms with E-state index in [1.165, 1.54) is 38.5 Å². The highest BCUT2D eigenvalue weighted by molar-refractivity contribution is 4.72. The lowest BCUT2D eigenvalue weighted by Crippen LogP contribution is -2.19. The zero-order valence-electron chi connectivity index (χ0n) is 12.4. The summed E-state index contributed by atoms with van der Waals surface area (Å²) in [5.41, 5.74) is 0. The number of epoxide rings is 2. The quantitative estimate of drug-likeness (QED) is 0.642. The number of hydrogen-bond acceptors (Lipinski definition) is 4. The van der Waals surface area contributed by atoms with Crippen LogP contribution in [0.3, 0.4) is 0 Å². The fourth-order valence-corrected chi connectivity index (χ4v) is 3.02. The number of ether oxygens (including phenoxy) is 4. The molecule has 1 saturated carbocycles. The summed E-state index contributed by atoms with van der Waals surface area (Å²) in [4.78, 5) is 0. The van der Waals surface area contributed by atoms with Crippen molar-refractivity contribution in [3.63, 3.8) is 0 Å². The van der Waals surface area contributed by atoms with Crippen LogP contribution in [0.1, 0.15) is 38.5 Å². The van der Waals surface area contributed by atoms with Crippen LogP contribution in [0.2, 0.25) is 0 Å². The molecule has 2 heterocycles. The van der Waals surface area contributed by atoms with Crippen LogP contribution in [0.25, 0.3) is 0 Å². The van der Waals surface area contributed by atoms with Gasteiger partial charge in [-0.1, -0.05) is 12.8 Å². The molecule has 4 nitrogen and oxygen atoms in total. The first-order valence-corrected chi connectivity index (χ1v) is 8.29. The summed E-state index contributed by atoms with van der Waals surface area (Å²) in [7, 11) is 0. The van der Waals surface area contributed by atoms with Gasteiger partial charge < -0.3 is 18.9 Å². The van der Waals surface area contributed by atoms with Crippen molar-refractivity contribution in [3.8, 4) is 0 Å². The van der Waals surface area contributed by atoms with Gasteiger partial charge in [-0.15, -0.1) is 0 Å². The molecule has 0 radical (unpaired) electrons. The van der Waals surface area contributed by atoms with E-state index in [-0.39, 0.29) is 0 Å². The minimum atomic E-state index is 0.398. The lowest BCUT2D eigenvalue weighted by molar-refractivity contribution is 0.0567. The van der Waals surface area contributed by atoms with Crippen LogP contribution in [0.5, 0.6) is 0 Å². The Bertz CT molecular complexity index is 248. The average molecular weight is 284 g/mol. The molecule has 20 heavy (non-hydrogen) atoms. The zero-order valence-corrected chi connectivity index (χ0v) is 12.4. The molecule has 4 unspecified atom stereocenters. The molecule has 0 spiro atoms. The third-order valence-corrected chi connectivity index (χ3v) is 4.58. The highest BCUT2D eigenvalue weighted by Crippen LogP contribution is 2.27. The first kappa shape index (κ1) is 14.8. The van der Waals surface area contributed by atoms with Crippen molar-refractivity contribution in [2.24, 2.45) is 11.8 Å². The Morgan fingerprint density at radius 3 is 1.50 bits per heavy atom. The molecule has 2 saturated heterocycles. The van der Waals surface area contributed by atoms with Crippen molar-refractivity contribution in [2.75, 3.05) is 39.6 Å². The second kappa shape index (κ2) is 7.74. The molecule has 0 bridgehead atoms. The third kappa shape index (κ3) is 5.68. The monoisotopic (exact) mass is 284 g/mol. The van der Waals surface area contributed by atoms with E-state index >= 15 is 0 Å². The van der Waals surface area contributed by atoms with Crippen LogP contribution in [-0.4, -0.2) is 51.8 Å². The Balaban J connectivity index is 1.29. The van der Waals surface area contributed by atoms with Crippen LogP contribution in [-0.2, 0) is 18.9 Å². The normalized spacial score (nSPS) is 37.2. The van der Waals surface area contributed by atoms with Crippen LogP contribution in [0.15, 0.2) is 0 Å². The first-order chi connectivity index (χ1) is 9.90. The van der Waals surface area contributed by atoms with Crippen molar-refractivity contribution in [1.29, 1.82) is 0 Å². The molecular weight excluding hydrogens is 256 g/mol. The molecule has 3 rings (SSSR count). The molecule has 116 valence electrons. The molecule has 0 aromatic heterocycles. The second-order valence-corrected chi connectivity index (χ2v) is 6.58. The molecule has 0 aromatic rings. The van der Waals surface area contributed by atoms with Crippen LogP contribution < -0.4 is 0 Å². The molecule has 4 atom stereocenters. The molecule has 4 heteroatoms. The number of hydrogen-bond donors (Lipinski definition) is 0. The predicted octanol–water partition coefficient (Wildman–Crippen LogP) is 2.40. The van der Waals surface area contributed by atoms with E-state index in [4.69, 9.17) is 18.9 Å². The maximum Gasteiger partial charge on any atom is 0.104 e. The summed E-state index contributed by atoms with van der Waals surface area (Å²) in [6.07, 6.45) is 8.72. The molecule has 3 fully saturated rings. The van der Waals surface area contributed by atoms with Gasteiger partial charge in [-0.2, -0.15) is 0 Å². The summed E-state index contributed by atoms with van der Waals surface area (Å²) in [6.45, 7) is 5.23. The van der Waals surface area contributed by atoms with E-state index in [0.717, 1.165) is 51.5 Å². The zero-order chi connectivity index (χ0) is 13.6. The van der Waals surface area contributed by atoms with E-state index in [9.17, 15) is 0 Å². The maximum absolute atomic E-state index is 5.78. The Kier molecular flexibility index (Phi) is 5.71. The molecule has 1 aliphatic carbocycles. The summed E-state index contributed by atoms with van der Waals surface area (Å²) >= 11 is 0. The standard InChI is InChI=1S/C16H28O4/c1-2-4-14(8-18-10-16-12-20-16)6-5-13(3-1)7-17-9-15-11-19-15/h13-16H,1-12H2. The van der Waals surface area contributed by atoms with Crippen molar-refractivity contribution in [2.45, 2.75) is 50.7 Å². The van der Waals surface area contributed by atoms with Gasteiger partial charge in [-0.05, 0) is 37.5 Å². The summed E-state index contributed by atoms with van der Waals surface area (Å²) in [5.74, 6) is 1.48. The summed E-state index contributed by atoms with van der Waals surface area (Å²) < 4.78 is 21.9. The lowest BCUT2D eigenvalue weighted by atomic mass is 9.86. The smallest absolute Gasteiger partial charge is 0.104 e. The summed E-state index contributed by atoms with van der Waals surface area (Å²) in [6, 6.07) is 0. The Hall–Kier alpha value is -0.160.